The van der Waals surface area contributed by atoms with Crippen molar-refractivity contribution in [1.82, 2.24) is 0 Å². The average Bonchev–Trinajstić information content (AvgIpc) is 2.41. The van der Waals surface area contributed by atoms with E-state index in [1.54, 1.807) is 24.3 Å². The molecule has 0 atom stereocenters. The van der Waals surface area contributed by atoms with Crippen molar-refractivity contribution in [2.24, 2.45) is 0 Å². The van der Waals surface area contributed by atoms with Crippen LogP contribution in [0, 0.1) is 0 Å². The normalized spacial score (nSPS) is 10.5. The Hall–Kier alpha value is -1.93. The quantitative estimate of drug-likeness (QED) is 0.448. The minimum absolute atomic E-state index is 0.580. The summed E-state index contributed by atoms with van der Waals surface area (Å²) in [6, 6.07) is 18.3. The highest BCUT2D eigenvalue weighted by atomic mass is 31.2. The smallest absolute Gasteiger partial charge is 0.298 e. The molecule has 0 N–H and O–H groups in total. The molecule has 0 aliphatic carbocycles. The third kappa shape index (κ3) is 4.04. The molecule has 0 aliphatic rings. The molecule has 0 unspecified atom stereocenters. The second-order valence-electron chi connectivity index (χ2n) is 3.62. The molecule has 19 heavy (non-hydrogen) atoms. The molecule has 2 aromatic carbocycles. The topological polar surface area (TPSA) is 27.7 Å². The lowest BCUT2D eigenvalue weighted by molar-refractivity contribution is 0.346. The molecular formula is C14H13BO3P+. The zero-order chi connectivity index (χ0) is 13.6. The van der Waals surface area contributed by atoms with Gasteiger partial charge >= 0.3 is 15.4 Å². The highest BCUT2D eigenvalue weighted by Crippen LogP contribution is 2.56. The first kappa shape index (κ1) is 13.5. The van der Waals surface area contributed by atoms with Crippen LogP contribution in [0.1, 0.15) is 0 Å². The Morgan fingerprint density at radius 2 is 1.26 bits per heavy atom. The largest absolute Gasteiger partial charge is 0.529 e. The van der Waals surface area contributed by atoms with Crippen LogP contribution in [-0.4, -0.2) is 7.57 Å². The molecule has 94 valence electrons. The molecule has 2 radical (unpaired) electrons. The van der Waals surface area contributed by atoms with E-state index in [0.29, 0.717) is 11.5 Å². The summed E-state index contributed by atoms with van der Waals surface area (Å²) in [6.45, 7) is 3.49. The van der Waals surface area contributed by atoms with E-state index < -0.39 is 7.82 Å². The van der Waals surface area contributed by atoms with Crippen molar-refractivity contribution in [1.29, 1.82) is 0 Å². The SMILES string of the molecule is [B][P+](OC=C)(Oc1ccccc1)Oc1ccccc1. The maximum Gasteiger partial charge on any atom is 0.529 e. The van der Waals surface area contributed by atoms with Crippen LogP contribution in [-0.2, 0) is 4.52 Å². The fraction of sp³-hybridized carbons (Fsp3) is 0. The lowest BCUT2D eigenvalue weighted by atomic mass is 10.3. The fourth-order valence-electron chi connectivity index (χ4n) is 1.42. The molecule has 0 bridgehead atoms. The molecule has 0 aromatic heterocycles. The minimum Gasteiger partial charge on any atom is -0.298 e. The fourth-order valence-corrected chi connectivity index (χ4v) is 2.58. The van der Waals surface area contributed by atoms with Gasteiger partial charge in [-0.05, 0) is 24.3 Å². The number of hydrogen-bond acceptors (Lipinski definition) is 3. The monoisotopic (exact) mass is 271 g/mol. The summed E-state index contributed by atoms with van der Waals surface area (Å²) < 4.78 is 16.5. The molecule has 2 aromatic rings. The first-order valence-electron chi connectivity index (χ1n) is 5.68. The predicted molar refractivity (Wildman–Crippen MR) is 78.1 cm³/mol. The van der Waals surface area contributed by atoms with E-state index in [9.17, 15) is 0 Å². The first-order valence-corrected chi connectivity index (χ1v) is 7.29. The summed E-state index contributed by atoms with van der Waals surface area (Å²) in [6.07, 6.45) is 1.22. The molecule has 0 spiro atoms. The van der Waals surface area contributed by atoms with Gasteiger partial charge < -0.3 is 0 Å². The van der Waals surface area contributed by atoms with Gasteiger partial charge in [0.25, 0.3) is 0 Å². The van der Waals surface area contributed by atoms with E-state index in [1.807, 2.05) is 36.4 Å². The second kappa shape index (κ2) is 6.30. The van der Waals surface area contributed by atoms with E-state index >= 15 is 0 Å². The summed E-state index contributed by atoms with van der Waals surface area (Å²) in [5.41, 5.74) is 0. The second-order valence-corrected chi connectivity index (χ2v) is 5.28. The average molecular weight is 271 g/mol. The van der Waals surface area contributed by atoms with Crippen molar-refractivity contribution >= 4 is 15.4 Å². The molecule has 0 saturated heterocycles. The van der Waals surface area contributed by atoms with Crippen LogP contribution in [0.25, 0.3) is 0 Å². The molecule has 0 aliphatic heterocycles. The summed E-state index contributed by atoms with van der Waals surface area (Å²) in [7, 11) is 3.01. The Morgan fingerprint density at radius 1 is 0.842 bits per heavy atom. The molecule has 0 heterocycles. The Kier molecular flexibility index (Phi) is 4.48. The molecule has 5 heteroatoms. The van der Waals surface area contributed by atoms with Gasteiger partial charge in [0.2, 0.25) is 0 Å². The Morgan fingerprint density at radius 3 is 1.63 bits per heavy atom. The van der Waals surface area contributed by atoms with Crippen molar-refractivity contribution < 1.29 is 13.6 Å². The van der Waals surface area contributed by atoms with Crippen LogP contribution in [0.2, 0.25) is 0 Å². The van der Waals surface area contributed by atoms with Gasteiger partial charge in [-0.1, -0.05) is 43.0 Å². The van der Waals surface area contributed by atoms with Gasteiger partial charge in [0.1, 0.15) is 6.26 Å². The molecule has 0 amide bonds. The van der Waals surface area contributed by atoms with E-state index in [4.69, 9.17) is 21.1 Å². The molecule has 0 saturated carbocycles. The number of benzene rings is 2. The molecular weight excluding hydrogens is 258 g/mol. The van der Waals surface area contributed by atoms with Crippen molar-refractivity contribution in [2.75, 3.05) is 0 Å². The van der Waals surface area contributed by atoms with Crippen molar-refractivity contribution in [3.8, 4) is 11.5 Å². The molecule has 2 rings (SSSR count). The van der Waals surface area contributed by atoms with Crippen molar-refractivity contribution in [2.45, 2.75) is 0 Å². The van der Waals surface area contributed by atoms with Crippen molar-refractivity contribution in [3.05, 3.63) is 73.5 Å². The van der Waals surface area contributed by atoms with E-state index in [0.717, 1.165) is 0 Å². The molecule has 3 nitrogen and oxygen atoms in total. The van der Waals surface area contributed by atoms with Gasteiger partial charge in [0, 0.05) is 0 Å². The lowest BCUT2D eigenvalue weighted by Gasteiger charge is -2.19. The van der Waals surface area contributed by atoms with Gasteiger partial charge in [-0.25, -0.2) is 0 Å². The van der Waals surface area contributed by atoms with Crippen LogP contribution in [0.4, 0.5) is 0 Å². The summed E-state index contributed by atoms with van der Waals surface area (Å²) in [5, 5.41) is 0. The number of rotatable bonds is 6. The Labute approximate surface area is 114 Å². The maximum absolute atomic E-state index is 6.05. The van der Waals surface area contributed by atoms with Crippen molar-refractivity contribution in [3.63, 3.8) is 0 Å². The zero-order valence-corrected chi connectivity index (χ0v) is 11.2. The standard InChI is InChI=1S/C14H13BO3P/c1-2-16-19(15,17-13-9-5-3-6-10-13)18-14-11-7-4-8-12-14/h2-12H,1H2/q+1. The third-order valence-corrected chi connectivity index (χ3v) is 3.55. The van der Waals surface area contributed by atoms with Crippen LogP contribution in [0.15, 0.2) is 73.5 Å². The summed E-state index contributed by atoms with van der Waals surface area (Å²) >= 11 is 0. The Bertz CT molecular complexity index is 477. The summed E-state index contributed by atoms with van der Waals surface area (Å²) in [5.74, 6) is 1.16. The summed E-state index contributed by atoms with van der Waals surface area (Å²) in [4.78, 5) is 0. The first-order chi connectivity index (χ1) is 9.22. The van der Waals surface area contributed by atoms with Crippen LogP contribution >= 0.6 is 7.82 Å². The van der Waals surface area contributed by atoms with Crippen LogP contribution in [0.5, 0.6) is 11.5 Å². The van der Waals surface area contributed by atoms with Gasteiger partial charge in [-0.15, -0.1) is 0 Å². The van der Waals surface area contributed by atoms with Gasteiger partial charge in [-0.3, -0.25) is 13.6 Å². The van der Waals surface area contributed by atoms with E-state index in [1.165, 1.54) is 6.26 Å². The maximum atomic E-state index is 6.05. The van der Waals surface area contributed by atoms with Crippen LogP contribution in [0.3, 0.4) is 0 Å². The van der Waals surface area contributed by atoms with Gasteiger partial charge in [0.15, 0.2) is 11.5 Å². The third-order valence-electron chi connectivity index (χ3n) is 2.17. The number of para-hydroxylation sites is 2. The number of hydrogen-bond donors (Lipinski definition) is 0. The predicted octanol–water partition coefficient (Wildman–Crippen LogP) is 4.15. The highest BCUT2D eigenvalue weighted by molar-refractivity contribution is 7.86. The minimum atomic E-state index is -3.03. The zero-order valence-electron chi connectivity index (χ0n) is 10.3. The lowest BCUT2D eigenvalue weighted by Crippen LogP contribution is -2.10. The van der Waals surface area contributed by atoms with E-state index in [-0.39, 0.29) is 0 Å². The van der Waals surface area contributed by atoms with E-state index in [2.05, 4.69) is 6.58 Å². The van der Waals surface area contributed by atoms with Crippen LogP contribution < -0.4 is 9.05 Å². The molecule has 0 fully saturated rings. The highest BCUT2D eigenvalue weighted by Gasteiger charge is 2.42. The van der Waals surface area contributed by atoms with Gasteiger partial charge in [0.05, 0.1) is 0 Å². The Balaban J connectivity index is 2.15. The van der Waals surface area contributed by atoms with Gasteiger partial charge in [-0.2, -0.15) is 0 Å².